The van der Waals surface area contributed by atoms with Gasteiger partial charge in [-0.3, -0.25) is 4.79 Å². The van der Waals surface area contributed by atoms with E-state index < -0.39 is 23.5 Å². The number of aromatic nitrogens is 2. The number of amides is 1. The lowest BCUT2D eigenvalue weighted by Crippen LogP contribution is -2.16. The quantitative estimate of drug-likeness (QED) is 0.635. The van der Waals surface area contributed by atoms with Crippen LogP contribution < -0.4 is 10.6 Å². The minimum Gasteiger partial charge on any atom is -0.465 e. The first-order valence-corrected chi connectivity index (χ1v) is 8.43. The Bertz CT molecular complexity index is 1090. The van der Waals surface area contributed by atoms with Gasteiger partial charge in [0.15, 0.2) is 11.6 Å². The molecule has 0 fully saturated rings. The van der Waals surface area contributed by atoms with E-state index in [9.17, 15) is 18.4 Å². The molecule has 0 spiro atoms. The number of anilines is 3. The second-order valence-corrected chi connectivity index (χ2v) is 5.97. The van der Waals surface area contributed by atoms with Crippen molar-refractivity contribution in [1.29, 1.82) is 0 Å². The lowest BCUT2D eigenvalue weighted by molar-refractivity contribution is 0.0600. The summed E-state index contributed by atoms with van der Waals surface area (Å²) in [6.45, 7) is 1.59. The van der Waals surface area contributed by atoms with Crippen LogP contribution in [-0.2, 0) is 4.74 Å². The zero-order chi connectivity index (χ0) is 21.0. The molecule has 9 heteroatoms. The molecule has 148 valence electrons. The van der Waals surface area contributed by atoms with Gasteiger partial charge in [0.05, 0.1) is 12.7 Å². The van der Waals surface area contributed by atoms with Crippen molar-refractivity contribution < 1.29 is 23.1 Å². The van der Waals surface area contributed by atoms with Crippen molar-refractivity contribution in [2.75, 3.05) is 17.7 Å². The second kappa shape index (κ2) is 8.42. The van der Waals surface area contributed by atoms with Crippen molar-refractivity contribution in [1.82, 2.24) is 9.97 Å². The largest absolute Gasteiger partial charge is 0.465 e. The van der Waals surface area contributed by atoms with E-state index in [0.717, 1.165) is 12.1 Å². The van der Waals surface area contributed by atoms with Crippen LogP contribution in [0.1, 0.15) is 26.7 Å². The molecule has 1 amide bonds. The molecular formula is C20H16F2N4O3. The summed E-state index contributed by atoms with van der Waals surface area (Å²) in [5.74, 6) is -2.52. The third kappa shape index (κ3) is 4.89. The summed E-state index contributed by atoms with van der Waals surface area (Å²) in [7, 11) is 1.26. The van der Waals surface area contributed by atoms with Crippen molar-refractivity contribution in [2.24, 2.45) is 0 Å². The van der Waals surface area contributed by atoms with Crippen LogP contribution >= 0.6 is 0 Å². The molecule has 0 radical (unpaired) electrons. The van der Waals surface area contributed by atoms with Crippen molar-refractivity contribution in [3.63, 3.8) is 0 Å². The Labute approximate surface area is 164 Å². The highest BCUT2D eigenvalue weighted by atomic mass is 19.2. The maximum atomic E-state index is 13.4. The average Bonchev–Trinajstić information content (AvgIpc) is 2.70. The zero-order valence-electron chi connectivity index (χ0n) is 15.5. The van der Waals surface area contributed by atoms with Crippen LogP contribution in [0.15, 0.2) is 48.5 Å². The first-order valence-electron chi connectivity index (χ1n) is 8.43. The van der Waals surface area contributed by atoms with E-state index in [4.69, 9.17) is 0 Å². The molecule has 0 aliphatic heterocycles. The van der Waals surface area contributed by atoms with Gasteiger partial charge in [-0.05, 0) is 37.3 Å². The number of esters is 1. The van der Waals surface area contributed by atoms with E-state index in [2.05, 4.69) is 25.3 Å². The third-order valence-electron chi connectivity index (χ3n) is 3.80. The standard InChI is InChI=1S/C20H16F2N4O3/c1-11-23-17(10-18(24-11)25-14-6-7-15(21)16(22)9-14)19(27)26-13-5-3-4-12(8-13)20(28)29-2/h3-10H,1-2H3,(H,26,27)(H,23,24,25). The molecule has 1 heterocycles. The maximum Gasteiger partial charge on any atom is 0.337 e. The summed E-state index contributed by atoms with van der Waals surface area (Å²) in [6, 6.07) is 10.9. The minimum atomic E-state index is -1.01. The lowest BCUT2D eigenvalue weighted by atomic mass is 10.2. The number of aryl methyl sites for hydroxylation is 1. The molecule has 0 aliphatic carbocycles. The second-order valence-electron chi connectivity index (χ2n) is 5.97. The van der Waals surface area contributed by atoms with Gasteiger partial charge in [0.2, 0.25) is 0 Å². The van der Waals surface area contributed by atoms with Crippen LogP contribution in [0.2, 0.25) is 0 Å². The van der Waals surface area contributed by atoms with Crippen LogP contribution in [0, 0.1) is 18.6 Å². The molecule has 0 saturated heterocycles. The fourth-order valence-corrected chi connectivity index (χ4v) is 2.51. The van der Waals surface area contributed by atoms with Crippen LogP contribution in [0.25, 0.3) is 0 Å². The number of hydrogen-bond acceptors (Lipinski definition) is 6. The molecule has 3 aromatic rings. The Balaban J connectivity index is 1.81. The van der Waals surface area contributed by atoms with E-state index in [1.54, 1.807) is 25.1 Å². The van der Waals surface area contributed by atoms with Gasteiger partial charge < -0.3 is 15.4 Å². The lowest BCUT2D eigenvalue weighted by Gasteiger charge is -2.10. The van der Waals surface area contributed by atoms with Gasteiger partial charge in [0, 0.05) is 23.5 Å². The summed E-state index contributed by atoms with van der Waals surface area (Å²) >= 11 is 0. The summed E-state index contributed by atoms with van der Waals surface area (Å²) in [4.78, 5) is 32.4. The minimum absolute atomic E-state index is 0.0473. The number of methoxy groups -OCH3 is 1. The zero-order valence-corrected chi connectivity index (χ0v) is 15.5. The van der Waals surface area contributed by atoms with Gasteiger partial charge in [-0.2, -0.15) is 0 Å². The highest BCUT2D eigenvalue weighted by molar-refractivity contribution is 6.04. The van der Waals surface area contributed by atoms with Gasteiger partial charge in [0.1, 0.15) is 17.3 Å². The SMILES string of the molecule is COC(=O)c1cccc(NC(=O)c2cc(Nc3ccc(F)c(F)c3)nc(C)n2)c1. The highest BCUT2D eigenvalue weighted by Crippen LogP contribution is 2.19. The number of carbonyl (C=O) groups is 2. The normalized spacial score (nSPS) is 10.3. The Morgan fingerprint density at radius 2 is 1.76 bits per heavy atom. The van der Waals surface area contributed by atoms with Crippen LogP contribution in [0.5, 0.6) is 0 Å². The number of hydrogen-bond donors (Lipinski definition) is 2. The Kier molecular flexibility index (Phi) is 5.77. The van der Waals surface area contributed by atoms with E-state index in [0.29, 0.717) is 11.5 Å². The van der Waals surface area contributed by atoms with Gasteiger partial charge in [-0.25, -0.2) is 23.5 Å². The fourth-order valence-electron chi connectivity index (χ4n) is 2.51. The first-order chi connectivity index (χ1) is 13.9. The fraction of sp³-hybridized carbons (Fsp3) is 0.100. The van der Waals surface area contributed by atoms with Crippen molar-refractivity contribution in [3.05, 3.63) is 77.2 Å². The average molecular weight is 398 g/mol. The van der Waals surface area contributed by atoms with Crippen molar-refractivity contribution >= 4 is 29.1 Å². The Hall–Kier alpha value is -3.88. The number of rotatable bonds is 5. The molecule has 0 aliphatic rings. The molecule has 0 bridgehead atoms. The molecule has 0 unspecified atom stereocenters. The van der Waals surface area contributed by atoms with Gasteiger partial charge in [0.25, 0.3) is 5.91 Å². The van der Waals surface area contributed by atoms with E-state index in [1.807, 2.05) is 0 Å². The maximum absolute atomic E-state index is 13.4. The van der Waals surface area contributed by atoms with Crippen molar-refractivity contribution in [3.8, 4) is 0 Å². The monoisotopic (exact) mass is 398 g/mol. The number of halogens is 2. The Morgan fingerprint density at radius 3 is 2.48 bits per heavy atom. The van der Waals surface area contributed by atoms with Gasteiger partial charge in [-0.1, -0.05) is 6.07 Å². The molecule has 29 heavy (non-hydrogen) atoms. The summed E-state index contributed by atoms with van der Waals surface area (Å²) in [5, 5.41) is 5.44. The first kappa shape index (κ1) is 19.9. The van der Waals surface area contributed by atoms with E-state index in [-0.39, 0.29) is 22.8 Å². The topological polar surface area (TPSA) is 93.2 Å². The third-order valence-corrected chi connectivity index (χ3v) is 3.80. The van der Waals surface area contributed by atoms with E-state index in [1.165, 1.54) is 25.3 Å². The summed E-state index contributed by atoms with van der Waals surface area (Å²) in [6.07, 6.45) is 0. The molecule has 1 aromatic heterocycles. The van der Waals surface area contributed by atoms with Gasteiger partial charge in [-0.15, -0.1) is 0 Å². The number of carbonyl (C=O) groups excluding carboxylic acids is 2. The van der Waals surface area contributed by atoms with Gasteiger partial charge >= 0.3 is 5.97 Å². The summed E-state index contributed by atoms with van der Waals surface area (Å²) in [5.41, 5.74) is 0.972. The number of nitrogens with one attached hydrogen (secondary N) is 2. The molecular weight excluding hydrogens is 382 g/mol. The molecule has 3 rings (SSSR count). The number of nitrogens with zero attached hydrogens (tertiary/aromatic N) is 2. The molecule has 7 nitrogen and oxygen atoms in total. The predicted octanol–water partition coefficient (Wildman–Crippen LogP) is 3.85. The number of ether oxygens (including phenoxy) is 1. The Morgan fingerprint density at radius 1 is 0.966 bits per heavy atom. The van der Waals surface area contributed by atoms with Crippen LogP contribution in [-0.4, -0.2) is 29.0 Å². The predicted molar refractivity (Wildman–Crippen MR) is 102 cm³/mol. The van der Waals surface area contributed by atoms with Crippen LogP contribution in [0.4, 0.5) is 26.0 Å². The molecule has 2 aromatic carbocycles. The summed E-state index contributed by atoms with van der Waals surface area (Å²) < 4.78 is 31.1. The van der Waals surface area contributed by atoms with E-state index >= 15 is 0 Å². The molecule has 0 atom stereocenters. The highest BCUT2D eigenvalue weighted by Gasteiger charge is 2.13. The molecule has 0 saturated carbocycles. The van der Waals surface area contributed by atoms with Crippen molar-refractivity contribution in [2.45, 2.75) is 6.92 Å². The molecule has 2 N–H and O–H groups in total. The smallest absolute Gasteiger partial charge is 0.337 e. The number of benzene rings is 2. The van der Waals surface area contributed by atoms with Crippen LogP contribution in [0.3, 0.4) is 0 Å².